The third-order valence-electron chi connectivity index (χ3n) is 6.29. The molecule has 1 aliphatic rings. The number of ether oxygens (including phenoxy) is 1. The standard InChI is InChI=1S/C28H35N5O6/c1-16(2)22(25(35)31-21-13-20-12-19(10-11-29-20)14-30-27(37)24(21)34)32-26(36)23(17(3)4)33-28(38)39-15-18-8-6-5-7-9-18/h5-12,16-17,21-23H,13-15H2,1-4H3,(H,30,37)(H,31,35)(H,32,36)(H,33,38). The Balaban J connectivity index is 1.67. The maximum Gasteiger partial charge on any atom is 0.408 e. The van der Waals surface area contributed by atoms with Crippen LogP contribution in [0.1, 0.15) is 44.5 Å². The first-order valence-electron chi connectivity index (χ1n) is 12.9. The molecule has 2 bridgehead atoms. The molecule has 39 heavy (non-hydrogen) atoms. The summed E-state index contributed by atoms with van der Waals surface area (Å²) < 4.78 is 5.24. The number of carbonyl (C=O) groups excluding carboxylic acids is 5. The molecule has 4 N–H and O–H groups in total. The summed E-state index contributed by atoms with van der Waals surface area (Å²) in [7, 11) is 0. The summed E-state index contributed by atoms with van der Waals surface area (Å²) in [6, 6.07) is 9.42. The molecule has 2 heterocycles. The van der Waals surface area contributed by atoms with Crippen LogP contribution in [0.25, 0.3) is 0 Å². The van der Waals surface area contributed by atoms with Gasteiger partial charge in [-0.15, -0.1) is 0 Å². The molecule has 1 aromatic heterocycles. The van der Waals surface area contributed by atoms with Gasteiger partial charge >= 0.3 is 6.09 Å². The van der Waals surface area contributed by atoms with Crippen LogP contribution in [0, 0.1) is 11.8 Å². The minimum absolute atomic E-state index is 0.0218. The molecule has 3 unspecified atom stereocenters. The van der Waals surface area contributed by atoms with Crippen molar-refractivity contribution < 1.29 is 28.7 Å². The average Bonchev–Trinajstić information content (AvgIpc) is 2.94. The molecule has 11 nitrogen and oxygen atoms in total. The molecule has 0 saturated heterocycles. The van der Waals surface area contributed by atoms with E-state index in [4.69, 9.17) is 4.74 Å². The van der Waals surface area contributed by atoms with Gasteiger partial charge in [-0.3, -0.25) is 24.2 Å². The number of ketones is 1. The number of fused-ring (bicyclic) bond motifs is 2. The van der Waals surface area contributed by atoms with E-state index in [-0.39, 0.29) is 31.4 Å². The number of alkyl carbamates (subject to hydrolysis) is 1. The van der Waals surface area contributed by atoms with E-state index < -0.39 is 47.7 Å². The van der Waals surface area contributed by atoms with Crippen LogP contribution in [0.5, 0.6) is 0 Å². The van der Waals surface area contributed by atoms with Crippen molar-refractivity contribution in [2.75, 3.05) is 0 Å². The summed E-state index contributed by atoms with van der Waals surface area (Å²) >= 11 is 0. The van der Waals surface area contributed by atoms with E-state index in [1.807, 2.05) is 30.3 Å². The highest BCUT2D eigenvalue weighted by Crippen LogP contribution is 2.11. The highest BCUT2D eigenvalue weighted by Gasteiger charge is 2.34. The monoisotopic (exact) mass is 537 g/mol. The van der Waals surface area contributed by atoms with Gasteiger partial charge in [-0.1, -0.05) is 58.0 Å². The maximum absolute atomic E-state index is 13.3. The van der Waals surface area contributed by atoms with Crippen molar-refractivity contribution in [3.05, 3.63) is 65.5 Å². The fraction of sp³-hybridized carbons (Fsp3) is 0.429. The van der Waals surface area contributed by atoms with Gasteiger partial charge < -0.3 is 26.0 Å². The number of pyridine rings is 1. The van der Waals surface area contributed by atoms with Gasteiger partial charge in [-0.25, -0.2) is 4.79 Å². The third kappa shape index (κ3) is 8.36. The molecule has 0 spiro atoms. The van der Waals surface area contributed by atoms with E-state index in [1.165, 1.54) is 0 Å². The third-order valence-corrected chi connectivity index (χ3v) is 6.29. The van der Waals surface area contributed by atoms with E-state index >= 15 is 0 Å². The molecule has 0 fully saturated rings. The van der Waals surface area contributed by atoms with Crippen molar-refractivity contribution in [1.82, 2.24) is 26.3 Å². The van der Waals surface area contributed by atoms with Crippen LogP contribution in [0.4, 0.5) is 4.79 Å². The van der Waals surface area contributed by atoms with Crippen LogP contribution in [-0.4, -0.2) is 52.7 Å². The number of amides is 4. The van der Waals surface area contributed by atoms with E-state index in [0.29, 0.717) is 5.69 Å². The zero-order valence-electron chi connectivity index (χ0n) is 22.5. The lowest BCUT2D eigenvalue weighted by Crippen LogP contribution is -2.59. The number of rotatable bonds is 9. The van der Waals surface area contributed by atoms with E-state index in [1.54, 1.807) is 46.0 Å². The Bertz CT molecular complexity index is 1200. The quantitative estimate of drug-likeness (QED) is 0.352. The molecular formula is C28H35N5O6. The van der Waals surface area contributed by atoms with Crippen molar-refractivity contribution >= 4 is 29.6 Å². The minimum atomic E-state index is -1.16. The molecule has 3 atom stereocenters. The van der Waals surface area contributed by atoms with Gasteiger partial charge in [0.2, 0.25) is 17.6 Å². The van der Waals surface area contributed by atoms with Crippen molar-refractivity contribution in [2.45, 2.75) is 65.4 Å². The van der Waals surface area contributed by atoms with Gasteiger partial charge in [-0.2, -0.15) is 0 Å². The van der Waals surface area contributed by atoms with E-state index in [2.05, 4.69) is 26.3 Å². The van der Waals surface area contributed by atoms with Crippen molar-refractivity contribution in [3.8, 4) is 0 Å². The van der Waals surface area contributed by atoms with E-state index in [0.717, 1.165) is 11.1 Å². The molecule has 2 aromatic rings. The smallest absolute Gasteiger partial charge is 0.408 e. The van der Waals surface area contributed by atoms with Gasteiger partial charge in [0.05, 0.1) is 0 Å². The normalized spacial score (nSPS) is 16.7. The first kappa shape index (κ1) is 29.3. The minimum Gasteiger partial charge on any atom is -0.445 e. The highest BCUT2D eigenvalue weighted by atomic mass is 16.5. The molecule has 1 aromatic carbocycles. The predicted octanol–water partition coefficient (Wildman–Crippen LogP) is 1.40. The molecular weight excluding hydrogens is 502 g/mol. The zero-order chi connectivity index (χ0) is 28.5. The number of aromatic nitrogens is 1. The fourth-order valence-corrected chi connectivity index (χ4v) is 4.06. The number of hydrogen-bond acceptors (Lipinski definition) is 7. The molecule has 208 valence electrons. The lowest BCUT2D eigenvalue weighted by atomic mass is 9.98. The second-order valence-electron chi connectivity index (χ2n) is 10.1. The van der Waals surface area contributed by atoms with Crippen LogP contribution in [0.3, 0.4) is 0 Å². The van der Waals surface area contributed by atoms with Crippen LogP contribution in [0.2, 0.25) is 0 Å². The van der Waals surface area contributed by atoms with Crippen molar-refractivity contribution in [1.29, 1.82) is 0 Å². The zero-order valence-corrected chi connectivity index (χ0v) is 22.5. The Kier molecular flexibility index (Phi) is 10.1. The largest absolute Gasteiger partial charge is 0.445 e. The maximum atomic E-state index is 13.3. The summed E-state index contributed by atoms with van der Waals surface area (Å²) in [5, 5.41) is 10.4. The first-order valence-corrected chi connectivity index (χ1v) is 12.9. The van der Waals surface area contributed by atoms with Gasteiger partial charge in [0.1, 0.15) is 24.7 Å². The fourth-order valence-electron chi connectivity index (χ4n) is 4.06. The molecule has 0 radical (unpaired) electrons. The van der Waals surface area contributed by atoms with Crippen molar-refractivity contribution in [3.63, 3.8) is 0 Å². The first-order chi connectivity index (χ1) is 18.5. The van der Waals surface area contributed by atoms with Crippen LogP contribution >= 0.6 is 0 Å². The Labute approximate surface area is 227 Å². The Morgan fingerprint density at radius 1 is 0.974 bits per heavy atom. The lowest BCUT2D eigenvalue weighted by molar-refractivity contribution is -0.140. The SMILES string of the molecule is CC(C)C(NC(=O)OCc1ccccc1)C(=O)NC(C(=O)NC1Cc2cc(ccn2)CNC(=O)C1=O)C(C)C. The number of nitrogens with zero attached hydrogens (tertiary/aromatic N) is 1. The predicted molar refractivity (Wildman–Crippen MR) is 142 cm³/mol. The molecule has 4 amide bonds. The lowest BCUT2D eigenvalue weighted by Gasteiger charge is -2.28. The number of nitrogens with one attached hydrogen (secondary N) is 4. The number of hydrogen-bond donors (Lipinski definition) is 4. The summed E-state index contributed by atoms with van der Waals surface area (Å²) in [6.07, 6.45) is 0.829. The van der Waals surface area contributed by atoms with Gasteiger partial charge in [-0.05, 0) is 35.1 Å². The highest BCUT2D eigenvalue weighted by molar-refractivity contribution is 6.38. The van der Waals surface area contributed by atoms with Gasteiger partial charge in [0, 0.05) is 24.9 Å². The second-order valence-corrected chi connectivity index (χ2v) is 10.1. The Morgan fingerprint density at radius 2 is 1.64 bits per heavy atom. The van der Waals surface area contributed by atoms with Gasteiger partial charge in [0.15, 0.2) is 0 Å². The summed E-state index contributed by atoms with van der Waals surface area (Å²) in [6.45, 7) is 7.18. The van der Waals surface area contributed by atoms with Crippen molar-refractivity contribution in [2.24, 2.45) is 11.8 Å². The molecule has 1 aliphatic heterocycles. The van der Waals surface area contributed by atoms with Crippen LogP contribution in [-0.2, 0) is 43.5 Å². The molecule has 0 saturated carbocycles. The summed E-state index contributed by atoms with van der Waals surface area (Å²) in [4.78, 5) is 68.3. The van der Waals surface area contributed by atoms with Gasteiger partial charge in [0.25, 0.3) is 5.91 Å². The molecule has 0 aliphatic carbocycles. The number of Topliss-reactive ketones (excluding diaryl/α,β-unsaturated/α-hetero) is 1. The Morgan fingerprint density at radius 3 is 2.31 bits per heavy atom. The average molecular weight is 538 g/mol. The number of benzene rings is 1. The van der Waals surface area contributed by atoms with Crippen LogP contribution in [0.15, 0.2) is 48.7 Å². The second kappa shape index (κ2) is 13.5. The topological polar surface area (TPSA) is 156 Å². The van der Waals surface area contributed by atoms with Crippen LogP contribution < -0.4 is 21.3 Å². The summed E-state index contributed by atoms with van der Waals surface area (Å²) in [5.74, 6) is -3.51. The molecule has 11 heteroatoms. The molecule has 3 rings (SSSR count). The summed E-state index contributed by atoms with van der Waals surface area (Å²) in [5.41, 5.74) is 2.13. The number of carbonyl (C=O) groups is 5. The van der Waals surface area contributed by atoms with E-state index in [9.17, 15) is 24.0 Å². The Hall–Kier alpha value is -4.28.